The predicted octanol–water partition coefficient (Wildman–Crippen LogP) is 6.12. The number of rotatable bonds is 10. The molecule has 0 unspecified atom stereocenters. The second-order valence-corrected chi connectivity index (χ2v) is 17.7. The van der Waals surface area contributed by atoms with Crippen molar-refractivity contribution in [1.82, 2.24) is 39.8 Å². The second kappa shape index (κ2) is 22.5. The highest BCUT2D eigenvalue weighted by atomic mass is 79.9. The first-order valence-corrected chi connectivity index (χ1v) is 23.7. The topological polar surface area (TPSA) is 247 Å². The Morgan fingerprint density at radius 1 is 0.625 bits per heavy atom. The highest BCUT2D eigenvalue weighted by Crippen LogP contribution is 2.33. The van der Waals surface area contributed by atoms with Crippen molar-refractivity contribution in [3.8, 4) is 23.3 Å². The molecule has 0 spiro atoms. The van der Waals surface area contributed by atoms with E-state index in [4.69, 9.17) is 20.6 Å². The quantitative estimate of drug-likeness (QED) is 0.113. The molecule has 10 rings (SSSR count). The van der Waals surface area contributed by atoms with Crippen molar-refractivity contribution in [3.63, 3.8) is 0 Å². The van der Waals surface area contributed by atoms with Gasteiger partial charge >= 0.3 is 7.12 Å². The van der Waals surface area contributed by atoms with Crippen LogP contribution in [0.1, 0.15) is 91.1 Å². The lowest BCUT2D eigenvalue weighted by Gasteiger charge is -2.36. The summed E-state index contributed by atoms with van der Waals surface area (Å²) in [6, 6.07) is 31.7. The van der Waals surface area contributed by atoms with Crippen LogP contribution in [0.25, 0.3) is 22.2 Å². The normalized spacial score (nSPS) is 12.8. The Morgan fingerprint density at radius 3 is 1.50 bits per heavy atom. The van der Waals surface area contributed by atoms with Gasteiger partial charge in [0, 0.05) is 78.8 Å². The Bertz CT molecular complexity index is 3340. The van der Waals surface area contributed by atoms with Gasteiger partial charge in [-0.05, 0) is 138 Å². The SMILES string of the molecule is CNC(=O)c1ccc(-c2cnn3ccc(C(=O)N(c4ccc(C#N)cn4)C4CCC4)cc23)cc1.CNC(=O)c1ccc(B(O)O)cc1.N#Cc1ccc(N(C(=O)c2ccn3ncc(Br)c3c2)C2CCC2)nc1. The average Bonchev–Trinajstić information content (AvgIpc) is 4.00. The van der Waals surface area contributed by atoms with Crippen molar-refractivity contribution in [3.05, 3.63) is 172 Å². The van der Waals surface area contributed by atoms with Gasteiger partial charge in [-0.3, -0.25) is 29.0 Å². The number of anilines is 2. The Kier molecular flexibility index (Phi) is 15.6. The zero-order chi connectivity index (χ0) is 50.9. The van der Waals surface area contributed by atoms with E-state index < -0.39 is 7.12 Å². The maximum atomic E-state index is 13.6. The summed E-state index contributed by atoms with van der Waals surface area (Å²) in [4.78, 5) is 61.9. The first-order valence-electron chi connectivity index (χ1n) is 22.9. The van der Waals surface area contributed by atoms with E-state index in [0.29, 0.717) is 50.5 Å². The molecule has 2 fully saturated rings. The van der Waals surface area contributed by atoms with Gasteiger partial charge < -0.3 is 20.7 Å². The molecule has 0 bridgehead atoms. The fourth-order valence-electron chi connectivity index (χ4n) is 7.99. The van der Waals surface area contributed by atoms with Gasteiger partial charge in [-0.15, -0.1) is 0 Å². The summed E-state index contributed by atoms with van der Waals surface area (Å²) in [6.45, 7) is 0. The van der Waals surface area contributed by atoms with Crippen LogP contribution in [-0.4, -0.2) is 96.2 Å². The molecule has 2 aliphatic rings. The summed E-state index contributed by atoms with van der Waals surface area (Å²) in [5.74, 6) is 0.572. The number of hydrogen-bond acceptors (Lipinski definition) is 12. The lowest BCUT2D eigenvalue weighted by atomic mass is 9.80. The number of pyridine rings is 4. The molecule has 72 heavy (non-hydrogen) atoms. The molecule has 4 N–H and O–H groups in total. The van der Waals surface area contributed by atoms with Gasteiger partial charge in [0.15, 0.2) is 0 Å². The summed E-state index contributed by atoms with van der Waals surface area (Å²) in [5, 5.41) is 49.3. The minimum atomic E-state index is -1.49. The van der Waals surface area contributed by atoms with E-state index in [1.165, 1.54) is 43.7 Å². The predicted molar refractivity (Wildman–Crippen MR) is 273 cm³/mol. The van der Waals surface area contributed by atoms with Crippen LogP contribution < -0.4 is 25.9 Å². The third-order valence-corrected chi connectivity index (χ3v) is 13.0. The van der Waals surface area contributed by atoms with E-state index in [-0.39, 0.29) is 35.7 Å². The Balaban J connectivity index is 0.000000159. The smallest absolute Gasteiger partial charge is 0.423 e. The fourth-order valence-corrected chi connectivity index (χ4v) is 8.38. The maximum Gasteiger partial charge on any atom is 0.488 e. The van der Waals surface area contributed by atoms with Gasteiger partial charge in [0.2, 0.25) is 0 Å². The molecule has 360 valence electrons. The van der Waals surface area contributed by atoms with Crippen molar-refractivity contribution < 1.29 is 29.2 Å². The summed E-state index contributed by atoms with van der Waals surface area (Å²) in [7, 11) is 1.65. The molecular formula is C52H46BBrN12O6. The molecule has 0 radical (unpaired) electrons. The van der Waals surface area contributed by atoms with E-state index >= 15 is 0 Å². The monoisotopic (exact) mass is 1020 g/mol. The van der Waals surface area contributed by atoms with Gasteiger partial charge in [-0.25, -0.2) is 19.0 Å². The third-order valence-electron chi connectivity index (χ3n) is 12.4. The van der Waals surface area contributed by atoms with Gasteiger partial charge in [0.1, 0.15) is 23.8 Å². The van der Waals surface area contributed by atoms with Crippen LogP contribution in [0.15, 0.2) is 139 Å². The minimum absolute atomic E-state index is 0.0856. The summed E-state index contributed by atoms with van der Waals surface area (Å²) >= 11 is 3.45. The number of amides is 4. The van der Waals surface area contributed by atoms with Crippen molar-refractivity contribution in [2.75, 3.05) is 23.9 Å². The minimum Gasteiger partial charge on any atom is -0.423 e. The number of halogens is 1. The van der Waals surface area contributed by atoms with Crippen molar-refractivity contribution >= 4 is 74.8 Å². The Labute approximate surface area is 422 Å². The lowest BCUT2D eigenvalue weighted by molar-refractivity contribution is 0.0955. The molecule has 0 saturated heterocycles. The second-order valence-electron chi connectivity index (χ2n) is 16.8. The van der Waals surface area contributed by atoms with E-state index in [1.54, 1.807) is 99.2 Å². The molecule has 6 heterocycles. The van der Waals surface area contributed by atoms with E-state index in [1.807, 2.05) is 24.3 Å². The summed E-state index contributed by atoms with van der Waals surface area (Å²) in [5.41, 5.74) is 6.89. The van der Waals surface area contributed by atoms with Gasteiger partial charge in [-0.2, -0.15) is 20.7 Å². The van der Waals surface area contributed by atoms with Crippen LogP contribution in [0, 0.1) is 22.7 Å². The number of carbonyl (C=O) groups is 4. The number of aromatic nitrogens is 6. The summed E-state index contributed by atoms with van der Waals surface area (Å²) < 4.78 is 4.29. The molecule has 0 aliphatic heterocycles. The standard InChI is InChI=1S/C26H22N6O2.C18H14BrN5O.C8H10BNO3/c1-28-25(33)19-8-6-18(7-9-19)22-16-30-31-12-11-20(13-23(22)31)26(34)32(21-3-2-4-21)24-10-5-17(14-27)15-29-24;19-15-11-22-23-7-6-13(8-16(15)23)18(25)24(14-2-1-3-14)17-5-4-12(9-20)10-21-17;1-10-8(11)6-2-4-7(5-3-6)9(12)13/h5-13,15-16,21H,2-4H2,1H3,(H,28,33);4-8,10-11,14H,1-3H2;2-5,12-13H,1H3,(H,10,11). The van der Waals surface area contributed by atoms with Gasteiger partial charge in [0.05, 0.1) is 39.0 Å². The maximum absolute atomic E-state index is 13.6. The average molecular weight is 1030 g/mol. The largest absolute Gasteiger partial charge is 0.488 e. The number of nitrogens with one attached hydrogen (secondary N) is 2. The highest BCUT2D eigenvalue weighted by molar-refractivity contribution is 9.10. The van der Waals surface area contributed by atoms with Crippen molar-refractivity contribution in [2.24, 2.45) is 0 Å². The zero-order valence-electron chi connectivity index (χ0n) is 39.1. The van der Waals surface area contributed by atoms with E-state index in [0.717, 1.165) is 65.2 Å². The first kappa shape index (κ1) is 49.9. The number of nitriles is 2. The summed E-state index contributed by atoms with van der Waals surface area (Å²) in [6.07, 6.45) is 16.0. The molecule has 8 aromatic rings. The van der Waals surface area contributed by atoms with E-state index in [2.05, 4.69) is 58.9 Å². The molecule has 6 aromatic heterocycles. The van der Waals surface area contributed by atoms with E-state index in [9.17, 15) is 19.2 Å². The number of carbonyl (C=O) groups excluding carboxylic acids is 4. The number of fused-ring (bicyclic) bond motifs is 2. The van der Waals surface area contributed by atoms with Crippen molar-refractivity contribution in [1.29, 1.82) is 10.5 Å². The van der Waals surface area contributed by atoms with Crippen LogP contribution >= 0.6 is 15.9 Å². The Morgan fingerprint density at radius 2 is 1.08 bits per heavy atom. The molecular weight excluding hydrogens is 979 g/mol. The molecule has 20 heteroatoms. The van der Waals surface area contributed by atoms with Crippen LogP contribution in [0.5, 0.6) is 0 Å². The fraction of sp³-hybridized carbons (Fsp3) is 0.192. The Hall–Kier alpha value is -8.56. The lowest BCUT2D eigenvalue weighted by Crippen LogP contribution is -2.45. The number of hydrogen-bond donors (Lipinski definition) is 4. The third kappa shape index (κ3) is 10.9. The van der Waals surface area contributed by atoms with Gasteiger partial charge in [-0.1, -0.05) is 24.3 Å². The molecule has 2 aliphatic carbocycles. The number of benzene rings is 2. The van der Waals surface area contributed by atoms with Gasteiger partial charge in [0.25, 0.3) is 23.6 Å². The van der Waals surface area contributed by atoms with Crippen LogP contribution in [0.2, 0.25) is 0 Å². The molecule has 0 atom stereocenters. The van der Waals surface area contributed by atoms with Crippen LogP contribution in [0.4, 0.5) is 11.6 Å². The number of nitrogens with zero attached hydrogens (tertiary/aromatic N) is 10. The highest BCUT2D eigenvalue weighted by Gasteiger charge is 2.33. The molecule has 4 amide bonds. The molecule has 18 nitrogen and oxygen atoms in total. The van der Waals surface area contributed by atoms with Crippen molar-refractivity contribution in [2.45, 2.75) is 50.6 Å². The zero-order valence-corrected chi connectivity index (χ0v) is 40.6. The first-order chi connectivity index (χ1) is 34.9. The molecule has 2 aromatic carbocycles. The molecule has 2 saturated carbocycles. The van der Waals surface area contributed by atoms with Crippen LogP contribution in [-0.2, 0) is 0 Å². The van der Waals surface area contributed by atoms with Crippen LogP contribution in [0.3, 0.4) is 0 Å².